The van der Waals surface area contributed by atoms with Crippen molar-refractivity contribution in [2.24, 2.45) is 5.73 Å². The Morgan fingerprint density at radius 1 is 1.37 bits per heavy atom. The molecule has 0 bridgehead atoms. The van der Waals surface area contributed by atoms with Gasteiger partial charge in [0.1, 0.15) is 0 Å². The van der Waals surface area contributed by atoms with Crippen LogP contribution in [0, 0.1) is 6.92 Å². The Morgan fingerprint density at radius 3 is 2.74 bits per heavy atom. The van der Waals surface area contributed by atoms with E-state index >= 15 is 0 Å². The summed E-state index contributed by atoms with van der Waals surface area (Å²) >= 11 is 0. The van der Waals surface area contributed by atoms with E-state index in [9.17, 15) is 0 Å². The number of anilines is 1. The maximum atomic E-state index is 5.88. The molecular weight excluding hydrogens is 236 g/mol. The number of nitrogens with two attached hydrogens (primary N) is 1. The van der Waals surface area contributed by atoms with Gasteiger partial charge in [-0.3, -0.25) is 0 Å². The molecule has 0 radical (unpaired) electrons. The number of nitrogens with one attached hydrogen (secondary N) is 1. The van der Waals surface area contributed by atoms with Gasteiger partial charge in [-0.1, -0.05) is 17.7 Å². The second kappa shape index (κ2) is 5.89. The first-order valence-electron chi connectivity index (χ1n) is 6.65. The fourth-order valence-electron chi connectivity index (χ4n) is 2.26. The van der Waals surface area contributed by atoms with Crippen LogP contribution >= 0.6 is 0 Å². The zero-order valence-corrected chi connectivity index (χ0v) is 11.9. The zero-order chi connectivity index (χ0) is 13.8. The third-order valence-corrected chi connectivity index (χ3v) is 3.28. The highest BCUT2D eigenvalue weighted by atomic mass is 15.2. The average Bonchev–Trinajstić information content (AvgIpc) is 2.89. The van der Waals surface area contributed by atoms with Crippen molar-refractivity contribution in [2.75, 3.05) is 4.90 Å². The molecule has 0 fully saturated rings. The monoisotopic (exact) mass is 258 g/mol. The normalized spacial score (nSPS) is 11.0. The van der Waals surface area contributed by atoms with Crippen LogP contribution in [0.4, 0.5) is 5.69 Å². The van der Waals surface area contributed by atoms with Gasteiger partial charge in [-0.05, 0) is 32.4 Å². The van der Waals surface area contributed by atoms with Crippen LogP contribution in [0.5, 0.6) is 0 Å². The highest BCUT2D eigenvalue weighted by Gasteiger charge is 2.15. The van der Waals surface area contributed by atoms with Gasteiger partial charge in [-0.2, -0.15) is 0 Å². The molecule has 2 aromatic rings. The van der Waals surface area contributed by atoms with E-state index in [-0.39, 0.29) is 0 Å². The summed E-state index contributed by atoms with van der Waals surface area (Å²) in [5, 5.41) is 0. The van der Waals surface area contributed by atoms with Crippen LogP contribution in [0.15, 0.2) is 30.7 Å². The summed E-state index contributed by atoms with van der Waals surface area (Å²) in [6.07, 6.45) is 3.58. The first-order valence-corrected chi connectivity index (χ1v) is 6.65. The van der Waals surface area contributed by atoms with Crippen molar-refractivity contribution in [1.29, 1.82) is 0 Å². The predicted octanol–water partition coefficient (Wildman–Crippen LogP) is 2.59. The summed E-state index contributed by atoms with van der Waals surface area (Å²) in [7, 11) is 0. The molecule has 1 heterocycles. The van der Waals surface area contributed by atoms with Crippen LogP contribution in [-0.2, 0) is 13.1 Å². The Kier molecular flexibility index (Phi) is 4.22. The van der Waals surface area contributed by atoms with E-state index in [0.29, 0.717) is 12.6 Å². The van der Waals surface area contributed by atoms with Gasteiger partial charge in [0.2, 0.25) is 0 Å². The first-order chi connectivity index (χ1) is 9.11. The molecule has 4 heteroatoms. The number of imidazole rings is 1. The number of hydrogen-bond acceptors (Lipinski definition) is 3. The molecule has 1 aromatic heterocycles. The van der Waals surface area contributed by atoms with E-state index in [1.165, 1.54) is 16.8 Å². The molecule has 0 spiro atoms. The molecule has 4 nitrogen and oxygen atoms in total. The van der Waals surface area contributed by atoms with Crippen molar-refractivity contribution in [3.05, 3.63) is 47.5 Å². The molecule has 0 aliphatic heterocycles. The zero-order valence-electron chi connectivity index (χ0n) is 11.9. The Morgan fingerprint density at radius 2 is 2.16 bits per heavy atom. The molecule has 0 aliphatic carbocycles. The molecule has 102 valence electrons. The molecule has 0 amide bonds. The molecule has 0 aliphatic rings. The van der Waals surface area contributed by atoms with Crippen molar-refractivity contribution in [1.82, 2.24) is 9.97 Å². The lowest BCUT2D eigenvalue weighted by Gasteiger charge is -2.30. The molecule has 3 N–H and O–H groups in total. The minimum absolute atomic E-state index is 0.399. The van der Waals surface area contributed by atoms with Crippen LogP contribution in [-0.4, -0.2) is 16.0 Å². The molecule has 0 atom stereocenters. The molecule has 1 aromatic carbocycles. The fourth-order valence-corrected chi connectivity index (χ4v) is 2.26. The number of benzene rings is 1. The van der Waals surface area contributed by atoms with Crippen LogP contribution in [0.3, 0.4) is 0 Å². The molecule has 0 saturated carbocycles. The van der Waals surface area contributed by atoms with Crippen molar-refractivity contribution in [3.63, 3.8) is 0 Å². The molecular formula is C15H22N4. The van der Waals surface area contributed by atoms with E-state index in [0.717, 1.165) is 12.2 Å². The Hall–Kier alpha value is -1.81. The van der Waals surface area contributed by atoms with Crippen molar-refractivity contribution < 1.29 is 0 Å². The van der Waals surface area contributed by atoms with E-state index in [1.807, 2.05) is 6.20 Å². The number of rotatable bonds is 5. The topological polar surface area (TPSA) is 57.9 Å². The highest BCUT2D eigenvalue weighted by Crippen LogP contribution is 2.25. The maximum Gasteiger partial charge on any atom is 0.0922 e. The number of aryl methyl sites for hydroxylation is 1. The van der Waals surface area contributed by atoms with Crippen molar-refractivity contribution >= 4 is 5.69 Å². The first kappa shape index (κ1) is 13.6. The number of H-pyrrole nitrogens is 1. The minimum Gasteiger partial charge on any atom is -0.363 e. The summed E-state index contributed by atoms with van der Waals surface area (Å²) in [4.78, 5) is 9.58. The quantitative estimate of drug-likeness (QED) is 0.866. The lowest BCUT2D eigenvalue weighted by atomic mass is 10.1. The lowest BCUT2D eigenvalue weighted by Crippen LogP contribution is -2.31. The standard InChI is InChI=1S/C15H22N4/c1-11(2)19(9-14-8-17-10-18-14)15-5-4-12(3)6-13(15)7-16/h4-6,8,10-11H,7,9,16H2,1-3H3,(H,17,18). The number of aromatic nitrogens is 2. The summed E-state index contributed by atoms with van der Waals surface area (Å²) in [6, 6.07) is 6.86. The summed E-state index contributed by atoms with van der Waals surface area (Å²) in [5.41, 5.74) is 10.6. The van der Waals surface area contributed by atoms with Gasteiger partial charge in [0.05, 0.1) is 18.6 Å². The van der Waals surface area contributed by atoms with Gasteiger partial charge in [0.15, 0.2) is 0 Å². The van der Waals surface area contributed by atoms with E-state index < -0.39 is 0 Å². The number of hydrogen-bond donors (Lipinski definition) is 2. The fraction of sp³-hybridized carbons (Fsp3) is 0.400. The smallest absolute Gasteiger partial charge is 0.0922 e. The van der Waals surface area contributed by atoms with Crippen LogP contribution in [0.25, 0.3) is 0 Å². The molecule has 0 saturated heterocycles. The van der Waals surface area contributed by atoms with E-state index in [2.05, 4.69) is 53.8 Å². The van der Waals surface area contributed by atoms with Crippen molar-refractivity contribution in [3.8, 4) is 0 Å². The van der Waals surface area contributed by atoms with Crippen LogP contribution < -0.4 is 10.6 Å². The van der Waals surface area contributed by atoms with Crippen molar-refractivity contribution in [2.45, 2.75) is 39.9 Å². The molecule has 19 heavy (non-hydrogen) atoms. The largest absolute Gasteiger partial charge is 0.363 e. The molecule has 2 rings (SSSR count). The Balaban J connectivity index is 2.33. The summed E-state index contributed by atoms with van der Waals surface area (Å²) < 4.78 is 0. The Bertz CT molecular complexity index is 517. The minimum atomic E-state index is 0.399. The summed E-state index contributed by atoms with van der Waals surface area (Å²) in [5.74, 6) is 0. The second-order valence-corrected chi connectivity index (χ2v) is 5.13. The van der Waals surface area contributed by atoms with E-state index in [1.54, 1.807) is 6.33 Å². The van der Waals surface area contributed by atoms with Gasteiger partial charge in [-0.25, -0.2) is 4.98 Å². The van der Waals surface area contributed by atoms with Gasteiger partial charge >= 0.3 is 0 Å². The van der Waals surface area contributed by atoms with Gasteiger partial charge < -0.3 is 15.6 Å². The van der Waals surface area contributed by atoms with E-state index in [4.69, 9.17) is 5.73 Å². The lowest BCUT2D eigenvalue weighted by molar-refractivity contribution is 0.671. The van der Waals surface area contributed by atoms with Crippen LogP contribution in [0.1, 0.15) is 30.7 Å². The summed E-state index contributed by atoms with van der Waals surface area (Å²) in [6.45, 7) is 7.85. The highest BCUT2D eigenvalue weighted by molar-refractivity contribution is 5.55. The third kappa shape index (κ3) is 3.15. The van der Waals surface area contributed by atoms with Gasteiger partial charge in [0.25, 0.3) is 0 Å². The third-order valence-electron chi connectivity index (χ3n) is 3.28. The predicted molar refractivity (Wildman–Crippen MR) is 79.0 cm³/mol. The Labute approximate surface area is 114 Å². The number of aromatic amines is 1. The van der Waals surface area contributed by atoms with Crippen LogP contribution in [0.2, 0.25) is 0 Å². The second-order valence-electron chi connectivity index (χ2n) is 5.13. The SMILES string of the molecule is Cc1ccc(N(Cc2cnc[nH]2)C(C)C)c(CN)c1. The number of nitrogens with zero attached hydrogens (tertiary/aromatic N) is 2. The maximum absolute atomic E-state index is 5.88. The average molecular weight is 258 g/mol. The molecule has 0 unspecified atom stereocenters. The van der Waals surface area contributed by atoms with Gasteiger partial charge in [0, 0.05) is 24.5 Å². The van der Waals surface area contributed by atoms with Gasteiger partial charge in [-0.15, -0.1) is 0 Å².